The Balaban J connectivity index is 4.31. The zero-order chi connectivity index (χ0) is 12.6. The van der Waals surface area contributed by atoms with E-state index in [0.29, 0.717) is 6.04 Å². The van der Waals surface area contributed by atoms with Gasteiger partial charge in [-0.25, -0.2) is 0 Å². The molecule has 0 saturated carbocycles. The van der Waals surface area contributed by atoms with Crippen molar-refractivity contribution in [1.82, 2.24) is 10.2 Å². The van der Waals surface area contributed by atoms with Gasteiger partial charge in [0.15, 0.2) is 0 Å². The maximum absolute atomic E-state index is 9.26. The van der Waals surface area contributed by atoms with Gasteiger partial charge < -0.3 is 4.90 Å². The van der Waals surface area contributed by atoms with Crippen molar-refractivity contribution >= 4 is 0 Å². The largest absolute Gasteiger partial charge is 0.301 e. The molecule has 0 bridgehead atoms. The van der Waals surface area contributed by atoms with Crippen molar-refractivity contribution < 1.29 is 0 Å². The Hall–Kier alpha value is -0.590. The number of nitriles is 1. The molecule has 0 aliphatic rings. The minimum absolute atomic E-state index is 0.342. The summed E-state index contributed by atoms with van der Waals surface area (Å²) in [6, 6.07) is 2.74. The fourth-order valence-corrected chi connectivity index (χ4v) is 1.93. The average molecular weight is 225 g/mol. The van der Waals surface area contributed by atoms with Gasteiger partial charge in [-0.15, -0.1) is 0 Å². The molecule has 0 aromatic heterocycles. The highest BCUT2D eigenvalue weighted by Gasteiger charge is 2.26. The van der Waals surface area contributed by atoms with E-state index in [1.54, 1.807) is 0 Å². The lowest BCUT2D eigenvalue weighted by Crippen LogP contribution is -2.53. The van der Waals surface area contributed by atoms with Crippen LogP contribution >= 0.6 is 0 Å². The zero-order valence-electron chi connectivity index (χ0n) is 11.5. The number of rotatable bonds is 8. The van der Waals surface area contributed by atoms with Crippen LogP contribution in [0.4, 0.5) is 0 Å². The summed E-state index contributed by atoms with van der Waals surface area (Å²) >= 11 is 0. The second-order valence-electron chi connectivity index (χ2n) is 4.97. The first kappa shape index (κ1) is 15.4. The molecule has 16 heavy (non-hydrogen) atoms. The third-order valence-electron chi connectivity index (χ3n) is 2.67. The maximum atomic E-state index is 9.26. The van der Waals surface area contributed by atoms with Gasteiger partial charge in [0.25, 0.3) is 0 Å². The summed E-state index contributed by atoms with van der Waals surface area (Å²) in [5.74, 6) is 0. The van der Waals surface area contributed by atoms with Crippen molar-refractivity contribution in [2.24, 2.45) is 0 Å². The third-order valence-corrected chi connectivity index (χ3v) is 2.67. The molecule has 94 valence electrons. The van der Waals surface area contributed by atoms with E-state index in [4.69, 9.17) is 0 Å². The van der Waals surface area contributed by atoms with E-state index in [-0.39, 0.29) is 0 Å². The molecule has 0 radical (unpaired) electrons. The standard InChI is InChI=1S/C13H27N3/c1-6-8-9-16(7-2)11-13(5,10-14)15-12(3)4/h12,15H,6-9,11H2,1-5H3. The van der Waals surface area contributed by atoms with Crippen LogP contribution in [0.15, 0.2) is 0 Å². The first-order chi connectivity index (χ1) is 7.47. The van der Waals surface area contributed by atoms with Gasteiger partial charge in [-0.3, -0.25) is 5.32 Å². The summed E-state index contributed by atoms with van der Waals surface area (Å²) in [7, 11) is 0. The van der Waals surface area contributed by atoms with Crippen LogP contribution in [0, 0.1) is 11.3 Å². The molecule has 1 unspecified atom stereocenters. The van der Waals surface area contributed by atoms with Crippen molar-refractivity contribution in [2.75, 3.05) is 19.6 Å². The van der Waals surface area contributed by atoms with Gasteiger partial charge in [0.1, 0.15) is 5.54 Å². The van der Waals surface area contributed by atoms with Gasteiger partial charge in [-0.05, 0) is 40.3 Å². The smallest absolute Gasteiger partial charge is 0.116 e. The molecule has 0 spiro atoms. The summed E-state index contributed by atoms with van der Waals surface area (Å²) in [6.45, 7) is 13.4. The van der Waals surface area contributed by atoms with Crippen LogP contribution in [0.3, 0.4) is 0 Å². The number of unbranched alkanes of at least 4 members (excludes halogenated alkanes) is 1. The van der Waals surface area contributed by atoms with Crippen LogP contribution in [-0.2, 0) is 0 Å². The molecule has 0 fully saturated rings. The highest BCUT2D eigenvalue weighted by atomic mass is 15.2. The Kier molecular flexibility index (Phi) is 7.36. The van der Waals surface area contributed by atoms with Crippen LogP contribution < -0.4 is 5.32 Å². The summed E-state index contributed by atoms with van der Waals surface area (Å²) in [6.07, 6.45) is 2.41. The summed E-state index contributed by atoms with van der Waals surface area (Å²) < 4.78 is 0. The summed E-state index contributed by atoms with van der Waals surface area (Å²) in [5, 5.41) is 12.6. The van der Waals surface area contributed by atoms with Crippen LogP contribution in [-0.4, -0.2) is 36.1 Å². The molecular formula is C13H27N3. The molecule has 0 rings (SSSR count). The number of hydrogen-bond donors (Lipinski definition) is 1. The van der Waals surface area contributed by atoms with Crippen molar-refractivity contribution in [3.63, 3.8) is 0 Å². The SMILES string of the molecule is CCCCN(CC)CC(C)(C#N)NC(C)C. The van der Waals surface area contributed by atoms with E-state index < -0.39 is 5.54 Å². The number of likely N-dealkylation sites (N-methyl/N-ethyl adjacent to an activating group) is 1. The van der Waals surface area contributed by atoms with E-state index in [9.17, 15) is 5.26 Å². The maximum Gasteiger partial charge on any atom is 0.116 e. The van der Waals surface area contributed by atoms with Crippen LogP contribution in [0.5, 0.6) is 0 Å². The average Bonchev–Trinajstić information content (AvgIpc) is 2.23. The van der Waals surface area contributed by atoms with Gasteiger partial charge >= 0.3 is 0 Å². The number of nitrogens with one attached hydrogen (secondary N) is 1. The van der Waals surface area contributed by atoms with E-state index in [1.165, 1.54) is 12.8 Å². The molecule has 0 aliphatic carbocycles. The quantitative estimate of drug-likeness (QED) is 0.689. The first-order valence-corrected chi connectivity index (χ1v) is 6.38. The monoisotopic (exact) mass is 225 g/mol. The molecule has 0 heterocycles. The van der Waals surface area contributed by atoms with Gasteiger partial charge in [0.05, 0.1) is 6.07 Å². The van der Waals surface area contributed by atoms with E-state index in [1.807, 2.05) is 6.92 Å². The van der Waals surface area contributed by atoms with Gasteiger partial charge in [0, 0.05) is 12.6 Å². The predicted octanol–water partition coefficient (Wildman–Crippen LogP) is 2.39. The highest BCUT2D eigenvalue weighted by molar-refractivity contribution is 5.06. The predicted molar refractivity (Wildman–Crippen MR) is 69.3 cm³/mol. The Morgan fingerprint density at radius 2 is 2.00 bits per heavy atom. The molecule has 0 amide bonds. The third kappa shape index (κ3) is 6.09. The Bertz CT molecular complexity index is 220. The van der Waals surface area contributed by atoms with Crippen molar-refractivity contribution in [3.05, 3.63) is 0 Å². The van der Waals surface area contributed by atoms with E-state index in [2.05, 4.69) is 44.0 Å². The molecule has 0 aromatic rings. The lowest BCUT2D eigenvalue weighted by atomic mass is 10.0. The van der Waals surface area contributed by atoms with Crippen molar-refractivity contribution in [2.45, 2.75) is 59.0 Å². The molecule has 3 nitrogen and oxygen atoms in total. The lowest BCUT2D eigenvalue weighted by molar-refractivity contribution is 0.219. The fraction of sp³-hybridized carbons (Fsp3) is 0.923. The number of hydrogen-bond acceptors (Lipinski definition) is 3. The molecule has 0 saturated heterocycles. The van der Waals surface area contributed by atoms with E-state index >= 15 is 0 Å². The highest BCUT2D eigenvalue weighted by Crippen LogP contribution is 2.08. The van der Waals surface area contributed by atoms with Crippen LogP contribution in [0.25, 0.3) is 0 Å². The van der Waals surface area contributed by atoms with Crippen molar-refractivity contribution in [1.29, 1.82) is 5.26 Å². The fourth-order valence-electron chi connectivity index (χ4n) is 1.93. The molecule has 0 aromatic carbocycles. The lowest BCUT2D eigenvalue weighted by Gasteiger charge is -2.32. The van der Waals surface area contributed by atoms with Gasteiger partial charge in [0.2, 0.25) is 0 Å². The number of nitrogens with zero attached hydrogens (tertiary/aromatic N) is 2. The molecule has 1 N–H and O–H groups in total. The summed E-state index contributed by atoms with van der Waals surface area (Å²) in [4.78, 5) is 2.35. The van der Waals surface area contributed by atoms with Crippen LogP contribution in [0.2, 0.25) is 0 Å². The normalized spacial score (nSPS) is 15.1. The van der Waals surface area contributed by atoms with Crippen LogP contribution in [0.1, 0.15) is 47.5 Å². The minimum atomic E-state index is -0.433. The second-order valence-corrected chi connectivity index (χ2v) is 4.97. The molecule has 1 atom stereocenters. The minimum Gasteiger partial charge on any atom is -0.301 e. The Morgan fingerprint density at radius 3 is 2.38 bits per heavy atom. The Labute approximate surface area is 101 Å². The topological polar surface area (TPSA) is 39.1 Å². The van der Waals surface area contributed by atoms with Crippen molar-refractivity contribution in [3.8, 4) is 6.07 Å². The van der Waals surface area contributed by atoms with Gasteiger partial charge in [-0.2, -0.15) is 5.26 Å². The molecule has 0 aliphatic heterocycles. The first-order valence-electron chi connectivity index (χ1n) is 6.38. The zero-order valence-corrected chi connectivity index (χ0v) is 11.5. The second kappa shape index (κ2) is 7.65. The summed E-state index contributed by atoms with van der Waals surface area (Å²) in [5.41, 5.74) is -0.433. The van der Waals surface area contributed by atoms with Gasteiger partial charge in [-0.1, -0.05) is 20.3 Å². The molecule has 3 heteroatoms. The Morgan fingerprint density at radius 1 is 1.38 bits per heavy atom. The molecular weight excluding hydrogens is 198 g/mol. The van der Waals surface area contributed by atoms with E-state index in [0.717, 1.165) is 19.6 Å².